The van der Waals surface area contributed by atoms with Crippen LogP contribution in [0.25, 0.3) is 0 Å². The molecule has 1 heterocycles. The van der Waals surface area contributed by atoms with Crippen LogP contribution in [0.4, 0.5) is 5.69 Å². The van der Waals surface area contributed by atoms with Gasteiger partial charge >= 0.3 is 0 Å². The predicted molar refractivity (Wildman–Crippen MR) is 105 cm³/mol. The Kier molecular flexibility index (Phi) is 5.86. The SMILES string of the molecule is CC(C)NS(=O)(=O)c1cccc(C(=O)Nc2cccc(Cn3cncn3)c2)c1. The fourth-order valence-electron chi connectivity index (χ4n) is 2.63. The molecule has 0 aliphatic heterocycles. The number of nitrogens with one attached hydrogen (secondary N) is 2. The lowest BCUT2D eigenvalue weighted by atomic mass is 10.1. The van der Waals surface area contributed by atoms with E-state index in [-0.39, 0.29) is 22.4 Å². The van der Waals surface area contributed by atoms with Crippen LogP contribution >= 0.6 is 0 Å². The summed E-state index contributed by atoms with van der Waals surface area (Å²) in [5.74, 6) is -0.389. The van der Waals surface area contributed by atoms with Crippen LogP contribution in [-0.2, 0) is 16.6 Å². The number of amides is 1. The molecule has 1 amide bonds. The summed E-state index contributed by atoms with van der Waals surface area (Å²) in [5, 5.41) is 6.86. The second-order valence-corrected chi connectivity index (χ2v) is 8.27. The Hall–Kier alpha value is -3.04. The highest BCUT2D eigenvalue weighted by molar-refractivity contribution is 7.89. The van der Waals surface area contributed by atoms with Crippen molar-refractivity contribution >= 4 is 21.6 Å². The number of rotatable bonds is 7. The Morgan fingerprint density at radius 3 is 2.64 bits per heavy atom. The van der Waals surface area contributed by atoms with Gasteiger partial charge in [0.1, 0.15) is 12.7 Å². The van der Waals surface area contributed by atoms with Gasteiger partial charge in [0.25, 0.3) is 5.91 Å². The Morgan fingerprint density at radius 1 is 1.14 bits per heavy atom. The van der Waals surface area contributed by atoms with E-state index in [0.29, 0.717) is 12.2 Å². The molecule has 0 unspecified atom stereocenters. The van der Waals surface area contributed by atoms with Gasteiger partial charge in [-0.05, 0) is 49.7 Å². The third-order valence-corrected chi connectivity index (χ3v) is 5.45. The van der Waals surface area contributed by atoms with Crippen molar-refractivity contribution in [2.24, 2.45) is 0 Å². The van der Waals surface area contributed by atoms with Gasteiger partial charge in [0.05, 0.1) is 11.4 Å². The van der Waals surface area contributed by atoms with Gasteiger partial charge in [-0.1, -0.05) is 18.2 Å². The molecular formula is C19H21N5O3S. The monoisotopic (exact) mass is 399 g/mol. The predicted octanol–water partition coefficient (Wildman–Crippen LogP) is 2.27. The van der Waals surface area contributed by atoms with Crippen LogP contribution in [-0.4, -0.2) is 35.1 Å². The average Bonchev–Trinajstić information content (AvgIpc) is 3.14. The highest BCUT2D eigenvalue weighted by atomic mass is 32.2. The van der Waals surface area contributed by atoms with Crippen LogP contribution in [0.1, 0.15) is 29.8 Å². The van der Waals surface area contributed by atoms with E-state index in [1.165, 1.54) is 18.5 Å². The molecule has 8 nitrogen and oxygen atoms in total. The summed E-state index contributed by atoms with van der Waals surface area (Å²) in [6.45, 7) is 4.00. The highest BCUT2D eigenvalue weighted by Crippen LogP contribution is 2.16. The van der Waals surface area contributed by atoms with E-state index < -0.39 is 10.0 Å². The first kappa shape index (κ1) is 19.7. The van der Waals surface area contributed by atoms with Crippen molar-refractivity contribution in [3.63, 3.8) is 0 Å². The van der Waals surface area contributed by atoms with Gasteiger partial charge in [0.15, 0.2) is 0 Å². The third kappa shape index (κ3) is 5.02. The highest BCUT2D eigenvalue weighted by Gasteiger charge is 2.17. The molecule has 3 rings (SSSR count). The molecule has 0 saturated heterocycles. The van der Waals surface area contributed by atoms with Crippen molar-refractivity contribution in [3.05, 3.63) is 72.3 Å². The van der Waals surface area contributed by atoms with Crippen molar-refractivity contribution < 1.29 is 13.2 Å². The first-order valence-corrected chi connectivity index (χ1v) is 10.2. The molecule has 1 aromatic heterocycles. The number of aromatic nitrogens is 3. The van der Waals surface area contributed by atoms with Gasteiger partial charge < -0.3 is 5.32 Å². The molecule has 0 fully saturated rings. The minimum Gasteiger partial charge on any atom is -0.322 e. The third-order valence-electron chi connectivity index (χ3n) is 3.79. The molecule has 0 aliphatic rings. The summed E-state index contributed by atoms with van der Waals surface area (Å²) >= 11 is 0. The lowest BCUT2D eigenvalue weighted by Crippen LogP contribution is -2.30. The van der Waals surface area contributed by atoms with E-state index in [0.717, 1.165) is 5.56 Å². The molecule has 0 aliphatic carbocycles. The smallest absolute Gasteiger partial charge is 0.255 e. The molecule has 0 saturated carbocycles. The Labute approximate surface area is 163 Å². The summed E-state index contributed by atoms with van der Waals surface area (Å²) < 4.78 is 28.8. The maximum absolute atomic E-state index is 12.6. The lowest BCUT2D eigenvalue weighted by Gasteiger charge is -2.11. The topological polar surface area (TPSA) is 106 Å². The largest absolute Gasteiger partial charge is 0.322 e. The summed E-state index contributed by atoms with van der Waals surface area (Å²) in [7, 11) is -3.67. The maximum Gasteiger partial charge on any atom is 0.255 e. The van der Waals surface area contributed by atoms with Gasteiger partial charge in [-0.25, -0.2) is 22.8 Å². The zero-order chi connectivity index (χ0) is 20.1. The number of anilines is 1. The second kappa shape index (κ2) is 8.32. The molecule has 3 aromatic rings. The van der Waals surface area contributed by atoms with Crippen LogP contribution in [0.3, 0.4) is 0 Å². The molecule has 2 aromatic carbocycles. The Morgan fingerprint density at radius 2 is 1.93 bits per heavy atom. The van der Waals surface area contributed by atoms with Gasteiger partial charge in [-0.2, -0.15) is 5.10 Å². The number of nitrogens with zero attached hydrogens (tertiary/aromatic N) is 3. The van der Waals surface area contributed by atoms with Crippen LogP contribution < -0.4 is 10.0 Å². The lowest BCUT2D eigenvalue weighted by molar-refractivity contribution is 0.102. The fraction of sp³-hybridized carbons (Fsp3) is 0.211. The van der Waals surface area contributed by atoms with E-state index in [1.54, 1.807) is 43.1 Å². The number of hydrogen-bond donors (Lipinski definition) is 2. The molecule has 0 atom stereocenters. The minimum absolute atomic E-state index is 0.0498. The molecule has 28 heavy (non-hydrogen) atoms. The summed E-state index contributed by atoms with van der Waals surface area (Å²) in [6.07, 6.45) is 3.07. The quantitative estimate of drug-likeness (QED) is 0.634. The zero-order valence-corrected chi connectivity index (χ0v) is 16.3. The summed E-state index contributed by atoms with van der Waals surface area (Å²) in [4.78, 5) is 16.5. The van der Waals surface area contributed by atoms with Crippen molar-refractivity contribution in [2.75, 3.05) is 5.32 Å². The molecule has 9 heteroatoms. The first-order valence-electron chi connectivity index (χ1n) is 8.68. The molecule has 2 N–H and O–H groups in total. The van der Waals surface area contributed by atoms with Gasteiger partial charge in [-0.15, -0.1) is 0 Å². The Bertz CT molecular complexity index is 1060. The number of hydrogen-bond acceptors (Lipinski definition) is 5. The van der Waals surface area contributed by atoms with E-state index in [9.17, 15) is 13.2 Å². The molecule has 0 bridgehead atoms. The van der Waals surface area contributed by atoms with Crippen LogP contribution in [0, 0.1) is 0 Å². The minimum atomic E-state index is -3.67. The van der Waals surface area contributed by atoms with Crippen LogP contribution in [0.2, 0.25) is 0 Å². The normalized spacial score (nSPS) is 11.5. The summed E-state index contributed by atoms with van der Waals surface area (Å²) in [6, 6.07) is 13.0. The fourth-order valence-corrected chi connectivity index (χ4v) is 3.93. The van der Waals surface area contributed by atoms with Gasteiger partial charge in [0.2, 0.25) is 10.0 Å². The molecular weight excluding hydrogens is 378 g/mol. The van der Waals surface area contributed by atoms with Crippen LogP contribution in [0.5, 0.6) is 0 Å². The second-order valence-electron chi connectivity index (χ2n) is 6.55. The van der Waals surface area contributed by atoms with Crippen molar-refractivity contribution in [2.45, 2.75) is 31.3 Å². The maximum atomic E-state index is 12.6. The van der Waals surface area contributed by atoms with E-state index in [4.69, 9.17) is 0 Å². The number of benzene rings is 2. The average molecular weight is 399 g/mol. The van der Waals surface area contributed by atoms with Crippen molar-refractivity contribution in [1.82, 2.24) is 19.5 Å². The van der Waals surface area contributed by atoms with Gasteiger partial charge in [-0.3, -0.25) is 4.79 Å². The van der Waals surface area contributed by atoms with Crippen molar-refractivity contribution in [3.8, 4) is 0 Å². The number of carbonyl (C=O) groups is 1. The first-order chi connectivity index (χ1) is 13.3. The molecule has 0 spiro atoms. The molecule has 0 radical (unpaired) electrons. The van der Waals surface area contributed by atoms with Crippen LogP contribution in [0.15, 0.2) is 66.1 Å². The standard InChI is InChI=1S/C19H21N5O3S/c1-14(2)23-28(26,27)18-8-4-6-16(10-18)19(25)22-17-7-3-5-15(9-17)11-24-13-20-12-21-24/h3-10,12-14,23H,11H2,1-2H3,(H,22,25). The van der Waals surface area contributed by atoms with E-state index >= 15 is 0 Å². The number of sulfonamides is 1. The van der Waals surface area contributed by atoms with Crippen molar-refractivity contribution in [1.29, 1.82) is 0 Å². The number of carbonyl (C=O) groups excluding carboxylic acids is 1. The molecule has 146 valence electrons. The Balaban J connectivity index is 1.76. The van der Waals surface area contributed by atoms with E-state index in [2.05, 4.69) is 20.1 Å². The van der Waals surface area contributed by atoms with E-state index in [1.807, 2.05) is 18.2 Å². The zero-order valence-electron chi connectivity index (χ0n) is 15.5. The summed E-state index contributed by atoms with van der Waals surface area (Å²) in [5.41, 5.74) is 1.81. The van der Waals surface area contributed by atoms with Gasteiger partial charge in [0, 0.05) is 17.3 Å².